The van der Waals surface area contributed by atoms with E-state index in [1.54, 1.807) is 10.6 Å². The molecule has 0 radical (unpaired) electrons. The topological polar surface area (TPSA) is 6.48 Å². The summed E-state index contributed by atoms with van der Waals surface area (Å²) in [6.07, 6.45) is 0. The van der Waals surface area contributed by atoms with Gasteiger partial charge in [0, 0.05) is 24.5 Å². The maximum atomic E-state index is 2.65. The first-order valence-electron chi connectivity index (χ1n) is 14.1. The van der Waals surface area contributed by atoms with Crippen molar-refractivity contribution >= 4 is 37.8 Å². The first kappa shape index (κ1) is 28.9. The van der Waals surface area contributed by atoms with Crippen LogP contribution in [0.15, 0.2) is 24.3 Å². The third kappa shape index (κ3) is 5.50. The summed E-state index contributed by atoms with van der Waals surface area (Å²) in [7, 11) is -0.624. The van der Waals surface area contributed by atoms with Crippen LogP contribution in [0.1, 0.15) is 105 Å². The van der Waals surface area contributed by atoms with Crippen molar-refractivity contribution in [3.05, 3.63) is 46.5 Å². The Bertz CT molecular complexity index is 1060. The molecule has 0 aliphatic carbocycles. The van der Waals surface area contributed by atoms with Crippen LogP contribution in [0.3, 0.4) is 0 Å². The minimum atomic E-state index is -0.312. The van der Waals surface area contributed by atoms with Crippen LogP contribution < -0.4 is 20.4 Å². The lowest BCUT2D eigenvalue weighted by molar-refractivity contribution is 0.647. The van der Waals surface area contributed by atoms with Crippen LogP contribution in [0, 0.1) is 13.8 Å². The Hall–Kier alpha value is -1.10. The van der Waals surface area contributed by atoms with E-state index in [1.165, 1.54) is 33.6 Å². The SMILES string of the molecule is Cc1cc(P(C(C)(C)C)C(C)(C)C)cc2c1N1Cc3cc(P(C(C)(C)C)C(C)(C)C)cc(C)c3N(C2)C1. The molecule has 37 heavy (non-hydrogen) atoms. The molecule has 2 heterocycles. The predicted octanol–water partition coefficient (Wildman–Crippen LogP) is 9.01. The molecular formula is C33H52N2P2. The summed E-state index contributed by atoms with van der Waals surface area (Å²) in [5.41, 5.74) is 8.92. The third-order valence-corrected chi connectivity index (χ3v) is 14.5. The van der Waals surface area contributed by atoms with Gasteiger partial charge in [-0.1, -0.05) is 98.9 Å². The summed E-state index contributed by atoms with van der Waals surface area (Å²) in [5.74, 6) is 0. The number of anilines is 2. The normalized spacial score (nSPS) is 16.4. The van der Waals surface area contributed by atoms with Gasteiger partial charge in [0.15, 0.2) is 0 Å². The predicted molar refractivity (Wildman–Crippen MR) is 172 cm³/mol. The Morgan fingerprint density at radius 3 is 1.08 bits per heavy atom. The van der Waals surface area contributed by atoms with Gasteiger partial charge in [0.05, 0.1) is 6.67 Å². The summed E-state index contributed by atoms with van der Waals surface area (Å²) in [5, 5.41) is 4.24. The minimum absolute atomic E-state index is 0.275. The van der Waals surface area contributed by atoms with Crippen molar-refractivity contribution in [3.8, 4) is 0 Å². The van der Waals surface area contributed by atoms with E-state index in [4.69, 9.17) is 0 Å². The molecule has 2 aromatic rings. The van der Waals surface area contributed by atoms with E-state index in [-0.39, 0.29) is 36.5 Å². The molecule has 0 fully saturated rings. The van der Waals surface area contributed by atoms with Gasteiger partial charge in [-0.2, -0.15) is 0 Å². The molecule has 0 aromatic heterocycles. The number of hydrogen-bond donors (Lipinski definition) is 0. The zero-order chi connectivity index (χ0) is 27.9. The maximum absolute atomic E-state index is 2.65. The van der Waals surface area contributed by atoms with E-state index < -0.39 is 0 Å². The van der Waals surface area contributed by atoms with Crippen LogP contribution in [0.5, 0.6) is 0 Å². The molecule has 2 aliphatic heterocycles. The number of benzene rings is 2. The first-order chi connectivity index (χ1) is 16.7. The van der Waals surface area contributed by atoms with Crippen LogP contribution in [0.2, 0.25) is 0 Å². The molecule has 204 valence electrons. The van der Waals surface area contributed by atoms with Gasteiger partial charge in [-0.05, 0) is 91.6 Å². The Balaban J connectivity index is 1.80. The zero-order valence-electron chi connectivity index (χ0n) is 26.2. The average molecular weight is 539 g/mol. The Morgan fingerprint density at radius 2 is 0.811 bits per heavy atom. The Labute approximate surface area is 231 Å². The van der Waals surface area contributed by atoms with E-state index in [9.17, 15) is 0 Å². The van der Waals surface area contributed by atoms with Crippen molar-refractivity contribution < 1.29 is 0 Å². The minimum Gasteiger partial charge on any atom is -0.349 e. The average Bonchev–Trinajstić information content (AvgIpc) is 2.62. The van der Waals surface area contributed by atoms with Crippen molar-refractivity contribution in [1.82, 2.24) is 0 Å². The zero-order valence-corrected chi connectivity index (χ0v) is 28.0. The molecule has 2 bridgehead atoms. The fourth-order valence-corrected chi connectivity index (χ4v) is 16.0. The molecule has 0 unspecified atom stereocenters. The summed E-state index contributed by atoms with van der Waals surface area (Å²) in [6, 6.07) is 10.2. The van der Waals surface area contributed by atoms with Crippen molar-refractivity contribution in [2.45, 2.75) is 131 Å². The van der Waals surface area contributed by atoms with E-state index in [0.717, 1.165) is 19.8 Å². The van der Waals surface area contributed by atoms with Crippen LogP contribution in [-0.2, 0) is 13.1 Å². The third-order valence-electron chi connectivity index (χ3n) is 7.62. The molecule has 0 saturated heterocycles. The number of nitrogens with zero attached hydrogens (tertiary/aromatic N) is 2. The maximum Gasteiger partial charge on any atom is 0.0910 e. The highest BCUT2D eigenvalue weighted by Crippen LogP contribution is 2.60. The van der Waals surface area contributed by atoms with Gasteiger partial charge in [0.25, 0.3) is 0 Å². The van der Waals surface area contributed by atoms with Gasteiger partial charge in [-0.15, -0.1) is 0 Å². The second-order valence-corrected chi connectivity index (χ2v) is 23.2. The summed E-state index contributed by atoms with van der Waals surface area (Å²) < 4.78 is 0. The van der Waals surface area contributed by atoms with Gasteiger partial charge < -0.3 is 9.80 Å². The van der Waals surface area contributed by atoms with E-state index in [0.29, 0.717) is 0 Å². The highest BCUT2D eigenvalue weighted by molar-refractivity contribution is 7.68. The molecule has 4 heteroatoms. The smallest absolute Gasteiger partial charge is 0.0910 e. The van der Waals surface area contributed by atoms with Crippen molar-refractivity contribution in [2.24, 2.45) is 0 Å². The van der Waals surface area contributed by atoms with Gasteiger partial charge in [0.1, 0.15) is 0 Å². The van der Waals surface area contributed by atoms with Crippen molar-refractivity contribution in [1.29, 1.82) is 0 Å². The molecule has 0 atom stereocenters. The van der Waals surface area contributed by atoms with Crippen molar-refractivity contribution in [3.63, 3.8) is 0 Å². The standard InChI is InChI=1S/C33H52N2P2/c1-22-15-26(36(30(3,4)5)31(6,7)8)17-24-19-35-21-34(28(22)24)20-25-18-27(16-23(2)29(25)35)37(32(9,10)11)33(12,13)14/h15-18H,19-21H2,1-14H3. The molecule has 0 spiro atoms. The molecular weight excluding hydrogens is 486 g/mol. The highest BCUT2D eigenvalue weighted by Gasteiger charge is 2.40. The lowest BCUT2D eigenvalue weighted by atomic mass is 9.97. The number of aryl methyl sites for hydroxylation is 2. The number of fused-ring (bicyclic) bond motifs is 6. The highest BCUT2D eigenvalue weighted by atomic mass is 31.1. The first-order valence-corrected chi connectivity index (χ1v) is 16.8. The fourth-order valence-electron chi connectivity index (χ4n) is 7.65. The van der Waals surface area contributed by atoms with Crippen LogP contribution >= 0.6 is 15.8 Å². The van der Waals surface area contributed by atoms with Crippen LogP contribution in [-0.4, -0.2) is 27.3 Å². The second kappa shape index (κ2) is 9.24. The van der Waals surface area contributed by atoms with Gasteiger partial charge in [0.2, 0.25) is 0 Å². The largest absolute Gasteiger partial charge is 0.349 e. The number of rotatable bonds is 2. The quantitative estimate of drug-likeness (QED) is 0.352. The summed E-state index contributed by atoms with van der Waals surface area (Å²) in [4.78, 5) is 5.30. The second-order valence-electron chi connectivity index (χ2n) is 15.4. The van der Waals surface area contributed by atoms with Gasteiger partial charge >= 0.3 is 0 Å². The Morgan fingerprint density at radius 1 is 0.514 bits per heavy atom. The summed E-state index contributed by atoms with van der Waals surface area (Å²) in [6.45, 7) is 36.9. The molecule has 4 rings (SSSR count). The monoisotopic (exact) mass is 538 g/mol. The molecule has 0 amide bonds. The van der Waals surface area contributed by atoms with Gasteiger partial charge in [-0.3, -0.25) is 0 Å². The van der Waals surface area contributed by atoms with Gasteiger partial charge in [-0.25, -0.2) is 0 Å². The van der Waals surface area contributed by atoms with E-state index in [2.05, 4.69) is 131 Å². The molecule has 2 aliphatic rings. The van der Waals surface area contributed by atoms with Crippen molar-refractivity contribution in [2.75, 3.05) is 16.5 Å². The molecule has 2 nitrogen and oxygen atoms in total. The van der Waals surface area contributed by atoms with Crippen LogP contribution in [0.4, 0.5) is 11.4 Å². The lowest BCUT2D eigenvalue weighted by Crippen LogP contribution is -2.47. The van der Waals surface area contributed by atoms with E-state index in [1.807, 2.05) is 0 Å². The van der Waals surface area contributed by atoms with E-state index >= 15 is 0 Å². The Kier molecular flexibility index (Phi) is 7.21. The number of hydrogen-bond acceptors (Lipinski definition) is 2. The molecule has 0 N–H and O–H groups in total. The van der Waals surface area contributed by atoms with Crippen LogP contribution in [0.25, 0.3) is 0 Å². The molecule has 2 aromatic carbocycles. The fraction of sp³-hybridized carbons (Fsp3) is 0.636. The lowest BCUT2D eigenvalue weighted by Gasteiger charge is -2.48. The molecule has 0 saturated carbocycles. The summed E-state index contributed by atoms with van der Waals surface area (Å²) >= 11 is 0.